The summed E-state index contributed by atoms with van der Waals surface area (Å²) in [7, 11) is 0. The van der Waals surface area contributed by atoms with Crippen molar-refractivity contribution in [2.45, 2.75) is 51.6 Å². The summed E-state index contributed by atoms with van der Waals surface area (Å²) in [6.45, 7) is 5.14. The van der Waals surface area contributed by atoms with E-state index in [2.05, 4.69) is 13.8 Å². The van der Waals surface area contributed by atoms with Gasteiger partial charge in [-0.1, -0.05) is 33.1 Å². The molecule has 78 valence electrons. The van der Waals surface area contributed by atoms with E-state index in [0.29, 0.717) is 12.5 Å². The highest BCUT2D eigenvalue weighted by atomic mass is 16.5. The number of ether oxygens (including phenoxy) is 1. The Labute approximate surface area is 81.3 Å². The maximum Gasteiger partial charge on any atom is 0.0709 e. The summed E-state index contributed by atoms with van der Waals surface area (Å²) >= 11 is 0. The van der Waals surface area contributed by atoms with Crippen molar-refractivity contribution < 1.29 is 9.84 Å². The molecule has 0 bridgehead atoms. The predicted molar refractivity (Wildman–Crippen MR) is 53.7 cm³/mol. The van der Waals surface area contributed by atoms with Crippen molar-refractivity contribution in [3.8, 4) is 0 Å². The van der Waals surface area contributed by atoms with Crippen LogP contribution in [0.4, 0.5) is 0 Å². The highest BCUT2D eigenvalue weighted by molar-refractivity contribution is 4.90. The minimum Gasteiger partial charge on any atom is -0.394 e. The lowest BCUT2D eigenvalue weighted by Crippen LogP contribution is -2.37. The Morgan fingerprint density at radius 1 is 1.38 bits per heavy atom. The van der Waals surface area contributed by atoms with Gasteiger partial charge < -0.3 is 9.84 Å². The minimum absolute atomic E-state index is 0.0947. The maximum absolute atomic E-state index is 8.77. The lowest BCUT2D eigenvalue weighted by Gasteiger charge is -2.35. The van der Waals surface area contributed by atoms with Crippen LogP contribution in [0.15, 0.2) is 0 Å². The molecule has 0 radical (unpaired) electrons. The molecule has 0 aromatic rings. The van der Waals surface area contributed by atoms with Crippen LogP contribution in [-0.2, 0) is 4.74 Å². The molecule has 1 N–H and O–H groups in total. The number of rotatable bonds is 5. The summed E-state index contributed by atoms with van der Waals surface area (Å²) in [6.07, 6.45) is 6.11. The van der Waals surface area contributed by atoms with Crippen LogP contribution in [0.5, 0.6) is 0 Å². The van der Waals surface area contributed by atoms with Gasteiger partial charge in [0, 0.05) is 0 Å². The Balaban J connectivity index is 2.52. The van der Waals surface area contributed by atoms with Gasteiger partial charge in [0.2, 0.25) is 0 Å². The standard InChI is InChI=1S/C11H22O2/c1-3-10(2)11(13-9-8-12)6-4-5-7-11/h10,12H,3-9H2,1-2H3. The second kappa shape index (κ2) is 4.97. The smallest absolute Gasteiger partial charge is 0.0709 e. The van der Waals surface area contributed by atoms with Crippen molar-refractivity contribution in [3.63, 3.8) is 0 Å². The predicted octanol–water partition coefficient (Wildman–Crippen LogP) is 2.35. The number of aliphatic hydroxyl groups excluding tert-OH is 1. The molecule has 0 aromatic heterocycles. The third-order valence-electron chi connectivity index (χ3n) is 3.44. The molecule has 13 heavy (non-hydrogen) atoms. The van der Waals surface area contributed by atoms with E-state index >= 15 is 0 Å². The normalized spacial score (nSPS) is 23.3. The molecule has 1 aliphatic carbocycles. The molecule has 0 spiro atoms. The monoisotopic (exact) mass is 186 g/mol. The third kappa shape index (κ3) is 2.44. The molecule has 0 aliphatic heterocycles. The Kier molecular flexibility index (Phi) is 4.20. The molecule has 1 fully saturated rings. The number of hydrogen-bond donors (Lipinski definition) is 1. The molecule has 0 amide bonds. The molecular weight excluding hydrogens is 164 g/mol. The van der Waals surface area contributed by atoms with Crippen LogP contribution in [-0.4, -0.2) is 23.9 Å². The molecule has 2 heteroatoms. The Morgan fingerprint density at radius 2 is 2.00 bits per heavy atom. The highest BCUT2D eigenvalue weighted by Crippen LogP contribution is 2.40. The van der Waals surface area contributed by atoms with Crippen molar-refractivity contribution in [2.75, 3.05) is 13.2 Å². The fourth-order valence-electron chi connectivity index (χ4n) is 2.37. The van der Waals surface area contributed by atoms with E-state index in [-0.39, 0.29) is 12.2 Å². The lowest BCUT2D eigenvalue weighted by atomic mass is 9.85. The van der Waals surface area contributed by atoms with Crippen molar-refractivity contribution >= 4 is 0 Å². The summed E-state index contributed by atoms with van der Waals surface area (Å²) in [5.41, 5.74) is 0.0947. The Bertz CT molecular complexity index is 139. The maximum atomic E-state index is 8.77. The van der Waals surface area contributed by atoms with E-state index < -0.39 is 0 Å². The van der Waals surface area contributed by atoms with Gasteiger partial charge in [-0.05, 0) is 18.8 Å². The second-order valence-corrected chi connectivity index (χ2v) is 4.15. The van der Waals surface area contributed by atoms with Gasteiger partial charge in [0.1, 0.15) is 0 Å². The van der Waals surface area contributed by atoms with Crippen LogP contribution < -0.4 is 0 Å². The van der Waals surface area contributed by atoms with Crippen LogP contribution in [0.3, 0.4) is 0 Å². The van der Waals surface area contributed by atoms with Gasteiger partial charge in [0.25, 0.3) is 0 Å². The lowest BCUT2D eigenvalue weighted by molar-refractivity contribution is -0.0884. The van der Waals surface area contributed by atoms with Gasteiger partial charge in [-0.25, -0.2) is 0 Å². The van der Waals surface area contributed by atoms with Gasteiger partial charge >= 0.3 is 0 Å². The molecule has 0 heterocycles. The van der Waals surface area contributed by atoms with Crippen LogP contribution in [0.2, 0.25) is 0 Å². The van der Waals surface area contributed by atoms with E-state index in [0.717, 1.165) is 0 Å². The third-order valence-corrected chi connectivity index (χ3v) is 3.44. The van der Waals surface area contributed by atoms with Crippen LogP contribution in [0.1, 0.15) is 46.0 Å². The molecule has 1 atom stereocenters. The minimum atomic E-state index is 0.0947. The molecule has 1 rings (SSSR count). The fraction of sp³-hybridized carbons (Fsp3) is 1.00. The average molecular weight is 186 g/mol. The average Bonchev–Trinajstić information content (AvgIpc) is 2.63. The quantitative estimate of drug-likeness (QED) is 0.714. The molecule has 1 unspecified atom stereocenters. The van der Waals surface area contributed by atoms with Gasteiger partial charge in [-0.3, -0.25) is 0 Å². The van der Waals surface area contributed by atoms with Gasteiger partial charge in [-0.15, -0.1) is 0 Å². The van der Waals surface area contributed by atoms with Gasteiger partial charge in [0.05, 0.1) is 18.8 Å². The summed E-state index contributed by atoms with van der Waals surface area (Å²) in [5.74, 6) is 0.626. The van der Waals surface area contributed by atoms with Crippen LogP contribution >= 0.6 is 0 Å². The topological polar surface area (TPSA) is 29.5 Å². The largest absolute Gasteiger partial charge is 0.394 e. The van der Waals surface area contributed by atoms with Gasteiger partial charge in [0.15, 0.2) is 0 Å². The Morgan fingerprint density at radius 3 is 2.46 bits per heavy atom. The number of hydrogen-bond acceptors (Lipinski definition) is 2. The molecule has 1 saturated carbocycles. The van der Waals surface area contributed by atoms with Crippen molar-refractivity contribution in [2.24, 2.45) is 5.92 Å². The molecular formula is C11H22O2. The zero-order chi connectivity index (χ0) is 9.73. The molecule has 1 aliphatic rings. The van der Waals surface area contributed by atoms with E-state index in [9.17, 15) is 0 Å². The molecule has 2 nitrogen and oxygen atoms in total. The summed E-state index contributed by atoms with van der Waals surface area (Å²) in [6, 6.07) is 0. The molecule has 0 saturated heterocycles. The SMILES string of the molecule is CCC(C)C1(OCCO)CCCC1. The zero-order valence-corrected chi connectivity index (χ0v) is 8.88. The van der Waals surface area contributed by atoms with E-state index in [1.54, 1.807) is 0 Å². The summed E-state index contributed by atoms with van der Waals surface area (Å²) < 4.78 is 5.84. The first-order chi connectivity index (χ1) is 6.25. The fourth-order valence-corrected chi connectivity index (χ4v) is 2.37. The highest BCUT2D eigenvalue weighted by Gasteiger charge is 2.38. The molecule has 0 aromatic carbocycles. The first kappa shape index (κ1) is 11.0. The zero-order valence-electron chi connectivity index (χ0n) is 8.88. The Hall–Kier alpha value is -0.0800. The van der Waals surface area contributed by atoms with E-state index in [1.807, 2.05) is 0 Å². The number of aliphatic hydroxyl groups is 1. The van der Waals surface area contributed by atoms with Crippen molar-refractivity contribution in [1.29, 1.82) is 0 Å². The second-order valence-electron chi connectivity index (χ2n) is 4.15. The van der Waals surface area contributed by atoms with Gasteiger partial charge in [-0.2, -0.15) is 0 Å². The van der Waals surface area contributed by atoms with E-state index in [4.69, 9.17) is 9.84 Å². The van der Waals surface area contributed by atoms with E-state index in [1.165, 1.54) is 32.1 Å². The first-order valence-electron chi connectivity index (χ1n) is 5.50. The van der Waals surface area contributed by atoms with Crippen molar-refractivity contribution in [3.05, 3.63) is 0 Å². The summed E-state index contributed by atoms with van der Waals surface area (Å²) in [5, 5.41) is 8.77. The van der Waals surface area contributed by atoms with Crippen LogP contribution in [0, 0.1) is 5.92 Å². The summed E-state index contributed by atoms with van der Waals surface area (Å²) in [4.78, 5) is 0. The van der Waals surface area contributed by atoms with Crippen LogP contribution in [0.25, 0.3) is 0 Å². The van der Waals surface area contributed by atoms with Crippen molar-refractivity contribution in [1.82, 2.24) is 0 Å². The first-order valence-corrected chi connectivity index (χ1v) is 5.50.